The number of carbonyl (C=O) groups is 3. The third-order valence-corrected chi connectivity index (χ3v) is 4.16. The minimum atomic E-state index is -1.23. The van der Waals surface area contributed by atoms with Crippen molar-refractivity contribution in [1.82, 2.24) is 10.2 Å². The number of carbonyl (C=O) groups excluding carboxylic acids is 2. The molecule has 1 aliphatic heterocycles. The summed E-state index contributed by atoms with van der Waals surface area (Å²) in [6, 6.07) is 7.40. The molecule has 1 aliphatic rings. The van der Waals surface area contributed by atoms with Crippen LogP contribution in [-0.2, 0) is 20.9 Å². The number of aliphatic carboxylic acids is 1. The Balaban J connectivity index is 2.19. The van der Waals surface area contributed by atoms with Crippen molar-refractivity contribution in [3.05, 3.63) is 45.6 Å². The summed E-state index contributed by atoms with van der Waals surface area (Å²) in [7, 11) is 0. The highest BCUT2D eigenvalue weighted by atomic mass is 79.9. The van der Waals surface area contributed by atoms with Gasteiger partial charge in [0.1, 0.15) is 17.9 Å². The summed E-state index contributed by atoms with van der Waals surface area (Å²) in [5.41, 5.74) is 0.484. The third kappa shape index (κ3) is 4.14. The van der Waals surface area contributed by atoms with Crippen LogP contribution >= 0.6 is 15.9 Å². The average molecular weight is 397 g/mol. The van der Waals surface area contributed by atoms with Crippen LogP contribution in [0.25, 0.3) is 0 Å². The molecule has 1 aromatic carbocycles. The molecule has 24 heavy (non-hydrogen) atoms. The van der Waals surface area contributed by atoms with Crippen molar-refractivity contribution in [2.45, 2.75) is 13.5 Å². The summed E-state index contributed by atoms with van der Waals surface area (Å²) in [5, 5.41) is 20.8. The molecule has 0 fully saturated rings. The number of benzene rings is 1. The van der Waals surface area contributed by atoms with E-state index in [0.717, 1.165) is 10.0 Å². The molecular formula is C16H17BrN2O5. The first-order chi connectivity index (χ1) is 11.3. The maximum absolute atomic E-state index is 12.5. The molecule has 2 amide bonds. The number of carboxylic acids is 1. The van der Waals surface area contributed by atoms with Crippen LogP contribution in [0.2, 0.25) is 0 Å². The number of amides is 2. The van der Waals surface area contributed by atoms with Gasteiger partial charge < -0.3 is 20.4 Å². The molecule has 3 N–H and O–H groups in total. The molecule has 1 unspecified atom stereocenters. The quantitative estimate of drug-likeness (QED) is 0.652. The summed E-state index contributed by atoms with van der Waals surface area (Å²) < 4.78 is 0.913. The topological polar surface area (TPSA) is 107 Å². The number of carboxylic acid groups (broad SMARTS) is 1. The number of halogens is 1. The largest absolute Gasteiger partial charge is 0.511 e. The first-order valence-electron chi connectivity index (χ1n) is 7.26. The molecule has 2 rings (SSSR count). The number of nitrogens with one attached hydrogen (secondary N) is 1. The van der Waals surface area contributed by atoms with Gasteiger partial charge in [0.25, 0.3) is 11.8 Å². The van der Waals surface area contributed by atoms with E-state index >= 15 is 0 Å². The fourth-order valence-electron chi connectivity index (χ4n) is 2.42. The lowest BCUT2D eigenvalue weighted by Crippen LogP contribution is -2.45. The van der Waals surface area contributed by atoms with Gasteiger partial charge in [-0.1, -0.05) is 35.0 Å². The van der Waals surface area contributed by atoms with Crippen molar-refractivity contribution >= 4 is 33.7 Å². The lowest BCUT2D eigenvalue weighted by Gasteiger charge is -2.31. The molecular weight excluding hydrogens is 380 g/mol. The molecule has 0 saturated heterocycles. The van der Waals surface area contributed by atoms with Crippen LogP contribution in [0.4, 0.5) is 0 Å². The molecule has 1 aromatic rings. The second kappa shape index (κ2) is 7.48. The number of hydrogen-bond acceptors (Lipinski definition) is 4. The van der Waals surface area contributed by atoms with Crippen molar-refractivity contribution in [1.29, 1.82) is 0 Å². The second-order valence-electron chi connectivity index (χ2n) is 5.55. The first-order valence-corrected chi connectivity index (χ1v) is 8.05. The van der Waals surface area contributed by atoms with Crippen LogP contribution in [0.1, 0.15) is 12.5 Å². The highest BCUT2D eigenvalue weighted by molar-refractivity contribution is 9.10. The highest BCUT2D eigenvalue weighted by Crippen LogP contribution is 2.24. The molecule has 0 aromatic heterocycles. The smallest absolute Gasteiger partial charge is 0.322 e. The third-order valence-electron chi connectivity index (χ3n) is 3.63. The van der Waals surface area contributed by atoms with Crippen molar-refractivity contribution in [2.75, 3.05) is 13.1 Å². The number of aliphatic hydroxyl groups is 1. The Morgan fingerprint density at radius 2 is 1.96 bits per heavy atom. The van der Waals surface area contributed by atoms with Gasteiger partial charge in [-0.3, -0.25) is 14.4 Å². The van der Waals surface area contributed by atoms with E-state index in [4.69, 9.17) is 5.11 Å². The predicted molar refractivity (Wildman–Crippen MR) is 89.0 cm³/mol. The van der Waals surface area contributed by atoms with Gasteiger partial charge in [0.15, 0.2) is 0 Å². The predicted octanol–water partition coefficient (Wildman–Crippen LogP) is 1.44. The Kier molecular flexibility index (Phi) is 5.61. The van der Waals surface area contributed by atoms with E-state index in [1.165, 1.54) is 4.90 Å². The molecule has 0 radical (unpaired) electrons. The molecule has 1 heterocycles. The molecule has 1 atom stereocenters. The van der Waals surface area contributed by atoms with E-state index in [-0.39, 0.29) is 12.3 Å². The molecule has 7 nitrogen and oxygen atoms in total. The zero-order valence-electron chi connectivity index (χ0n) is 13.0. The van der Waals surface area contributed by atoms with E-state index < -0.39 is 35.8 Å². The Hall–Kier alpha value is -2.35. The minimum Gasteiger partial charge on any atom is -0.511 e. The van der Waals surface area contributed by atoms with Crippen LogP contribution in [-0.4, -0.2) is 46.0 Å². The Morgan fingerprint density at radius 3 is 2.54 bits per heavy atom. The average Bonchev–Trinajstić information content (AvgIpc) is 2.53. The summed E-state index contributed by atoms with van der Waals surface area (Å²) in [6.07, 6.45) is 0. The number of rotatable bonds is 5. The number of hydrogen-bond donors (Lipinski definition) is 3. The van der Waals surface area contributed by atoms with E-state index in [9.17, 15) is 19.5 Å². The second-order valence-corrected chi connectivity index (χ2v) is 6.47. The minimum absolute atomic E-state index is 0.274. The maximum Gasteiger partial charge on any atom is 0.322 e. The number of nitrogens with zero attached hydrogens (tertiary/aromatic N) is 1. The molecule has 0 saturated carbocycles. The van der Waals surface area contributed by atoms with Gasteiger partial charge in [0.05, 0.1) is 0 Å². The summed E-state index contributed by atoms with van der Waals surface area (Å²) in [5.74, 6) is -3.45. The van der Waals surface area contributed by atoms with Gasteiger partial charge in [0.2, 0.25) is 0 Å². The lowest BCUT2D eigenvalue weighted by molar-refractivity contribution is -0.139. The van der Waals surface area contributed by atoms with Crippen LogP contribution in [0.15, 0.2) is 40.1 Å². The van der Waals surface area contributed by atoms with Crippen LogP contribution in [0.3, 0.4) is 0 Å². The van der Waals surface area contributed by atoms with Gasteiger partial charge >= 0.3 is 5.97 Å². The maximum atomic E-state index is 12.5. The van der Waals surface area contributed by atoms with Crippen molar-refractivity contribution < 1.29 is 24.6 Å². The van der Waals surface area contributed by atoms with Gasteiger partial charge in [-0.2, -0.15) is 0 Å². The van der Waals surface area contributed by atoms with Crippen molar-refractivity contribution in [2.24, 2.45) is 5.92 Å². The molecule has 8 heteroatoms. The normalized spacial score (nSPS) is 17.8. The van der Waals surface area contributed by atoms with Gasteiger partial charge in [-0.15, -0.1) is 0 Å². The monoisotopic (exact) mass is 396 g/mol. The Morgan fingerprint density at radius 1 is 1.33 bits per heavy atom. The molecule has 0 aliphatic carbocycles. The van der Waals surface area contributed by atoms with E-state index in [2.05, 4.69) is 21.2 Å². The number of aliphatic hydroxyl groups excluding tert-OH is 1. The summed E-state index contributed by atoms with van der Waals surface area (Å²) in [6.45, 7) is 1.64. The van der Waals surface area contributed by atoms with Crippen LogP contribution in [0, 0.1) is 5.92 Å². The zero-order chi connectivity index (χ0) is 17.9. The van der Waals surface area contributed by atoms with Crippen molar-refractivity contribution in [3.8, 4) is 0 Å². The fourth-order valence-corrected chi connectivity index (χ4v) is 2.68. The van der Waals surface area contributed by atoms with Crippen LogP contribution in [0.5, 0.6) is 0 Å². The molecule has 0 spiro atoms. The van der Waals surface area contributed by atoms with Crippen LogP contribution < -0.4 is 5.32 Å². The van der Waals surface area contributed by atoms with Gasteiger partial charge in [-0.05, 0) is 17.7 Å². The first kappa shape index (κ1) is 18.0. The van der Waals surface area contributed by atoms with Crippen molar-refractivity contribution in [3.63, 3.8) is 0 Å². The molecule has 128 valence electrons. The lowest BCUT2D eigenvalue weighted by atomic mass is 9.97. The summed E-state index contributed by atoms with van der Waals surface area (Å²) >= 11 is 3.34. The standard InChI is InChI=1S/C16H17BrN2O5/c1-9-7-19(8-10-2-4-11(17)5-3-10)16(24)13(14(9)22)15(23)18-6-12(20)21/h2-5,9,22H,6-8H2,1H3,(H,18,23)(H,20,21). The Bertz CT molecular complexity index is 699. The Labute approximate surface area is 147 Å². The van der Waals surface area contributed by atoms with E-state index in [1.807, 2.05) is 24.3 Å². The van der Waals surface area contributed by atoms with Gasteiger partial charge in [0, 0.05) is 23.5 Å². The van der Waals surface area contributed by atoms with E-state index in [1.54, 1.807) is 6.92 Å². The van der Waals surface area contributed by atoms with E-state index in [0.29, 0.717) is 6.54 Å². The molecule has 0 bridgehead atoms. The fraction of sp³-hybridized carbons (Fsp3) is 0.312. The highest BCUT2D eigenvalue weighted by Gasteiger charge is 2.35. The zero-order valence-corrected chi connectivity index (χ0v) is 14.5. The van der Waals surface area contributed by atoms with Gasteiger partial charge in [-0.25, -0.2) is 0 Å². The SMILES string of the molecule is CC1CN(Cc2ccc(Br)cc2)C(=O)C(C(=O)NCC(=O)O)=C1O. The summed E-state index contributed by atoms with van der Waals surface area (Å²) in [4.78, 5) is 36.6.